The van der Waals surface area contributed by atoms with Crippen LogP contribution in [0, 0.1) is 0 Å². The molecule has 12 heteroatoms. The van der Waals surface area contributed by atoms with Crippen LogP contribution in [0.1, 0.15) is 5.56 Å². The number of halogens is 3. The first kappa shape index (κ1) is 18.4. The summed E-state index contributed by atoms with van der Waals surface area (Å²) in [7, 11) is -4.74. The van der Waals surface area contributed by atoms with Gasteiger partial charge in [0.25, 0.3) is 5.24 Å². The molecule has 0 radical (unpaired) electrons. The van der Waals surface area contributed by atoms with Crippen LogP contribution in [0.15, 0.2) is 18.2 Å². The zero-order valence-electron chi connectivity index (χ0n) is 11.9. The van der Waals surface area contributed by atoms with Gasteiger partial charge in [0.15, 0.2) is 11.5 Å². The topological polar surface area (TPSA) is 98.8 Å². The van der Waals surface area contributed by atoms with Crippen LogP contribution in [0.4, 0.5) is 18.0 Å². The van der Waals surface area contributed by atoms with Crippen LogP contribution in [-0.2, 0) is 21.3 Å². The summed E-state index contributed by atoms with van der Waals surface area (Å²) in [5, 5.41) is 0.768. The smallest absolute Gasteiger partial charge is 0.493 e. The maximum Gasteiger partial charge on any atom is 0.534 e. The molecule has 1 aromatic rings. The predicted molar refractivity (Wildman–Crippen MR) is 77.2 cm³/mol. The van der Waals surface area contributed by atoms with Gasteiger partial charge >= 0.3 is 15.6 Å². The number of benzene rings is 1. The Bertz CT molecular complexity index is 777. The summed E-state index contributed by atoms with van der Waals surface area (Å²) >= 11 is 0.732. The molecule has 2 amide bonds. The highest BCUT2D eigenvalue weighted by atomic mass is 32.2. The van der Waals surface area contributed by atoms with Gasteiger partial charge in [0.1, 0.15) is 0 Å². The highest BCUT2D eigenvalue weighted by Crippen LogP contribution is 2.34. The Labute approximate surface area is 138 Å². The predicted octanol–water partition coefficient (Wildman–Crippen LogP) is 1.82. The number of alkyl halides is 3. The van der Waals surface area contributed by atoms with Gasteiger partial charge in [0, 0.05) is 0 Å². The third-order valence-corrected chi connectivity index (χ3v) is 4.85. The Morgan fingerprint density at radius 3 is 2.42 bits per heavy atom. The van der Waals surface area contributed by atoms with Crippen molar-refractivity contribution in [2.24, 2.45) is 0 Å². The summed E-state index contributed by atoms with van der Waals surface area (Å²) in [5.41, 5.74) is -5.30. The number of rotatable bonds is 5. The minimum absolute atomic E-state index is 0.00530. The molecule has 1 heterocycles. The number of hydrogen-bond donors (Lipinski definition) is 1. The minimum Gasteiger partial charge on any atom is -0.493 e. The highest BCUT2D eigenvalue weighted by Gasteiger charge is 2.49. The molecule has 1 saturated heterocycles. The number of hydrogen-bond acceptors (Lipinski definition) is 7. The van der Waals surface area contributed by atoms with E-state index in [0.717, 1.165) is 24.9 Å². The second kappa shape index (κ2) is 6.51. The van der Waals surface area contributed by atoms with Gasteiger partial charge in [-0.1, -0.05) is 17.8 Å². The van der Waals surface area contributed by atoms with Gasteiger partial charge < -0.3 is 8.92 Å². The van der Waals surface area contributed by atoms with Gasteiger partial charge in [0.05, 0.1) is 12.4 Å². The van der Waals surface area contributed by atoms with Crippen molar-refractivity contribution in [3.8, 4) is 11.5 Å². The van der Waals surface area contributed by atoms with E-state index in [1.165, 1.54) is 12.1 Å². The van der Waals surface area contributed by atoms with E-state index < -0.39 is 37.8 Å². The third-order valence-electron chi connectivity index (χ3n) is 2.90. The number of nitrogens with one attached hydrogen (secondary N) is 1. The number of imide groups is 1. The van der Waals surface area contributed by atoms with Gasteiger partial charge in [-0.2, -0.15) is 21.6 Å². The minimum atomic E-state index is -5.87. The average Bonchev–Trinajstić information content (AvgIpc) is 2.75. The average molecular weight is 385 g/mol. The number of amides is 2. The molecule has 1 atom stereocenters. The molecule has 0 spiro atoms. The molecule has 1 unspecified atom stereocenters. The van der Waals surface area contributed by atoms with E-state index in [2.05, 4.69) is 9.50 Å². The van der Waals surface area contributed by atoms with E-state index in [-0.39, 0.29) is 12.2 Å². The van der Waals surface area contributed by atoms with Crippen molar-refractivity contribution in [2.45, 2.75) is 17.2 Å². The summed E-state index contributed by atoms with van der Waals surface area (Å²) in [5.74, 6) is -1.43. The number of thioether (sulfide) groups is 1. The molecular weight excluding hydrogens is 375 g/mol. The summed E-state index contributed by atoms with van der Waals surface area (Å²) in [6, 6.07) is 3.64. The first-order chi connectivity index (χ1) is 11.0. The second-order valence-electron chi connectivity index (χ2n) is 4.56. The van der Waals surface area contributed by atoms with E-state index >= 15 is 0 Å². The Kier molecular flexibility index (Phi) is 4.99. The number of carbonyl (C=O) groups is 2. The highest BCUT2D eigenvalue weighted by molar-refractivity contribution is 8.15. The lowest BCUT2D eigenvalue weighted by Crippen LogP contribution is -2.28. The molecule has 1 aliphatic heterocycles. The summed E-state index contributed by atoms with van der Waals surface area (Å²) < 4.78 is 68.4. The molecule has 0 aliphatic carbocycles. The Balaban J connectivity index is 2.28. The first-order valence-corrected chi connectivity index (χ1v) is 8.51. The van der Waals surface area contributed by atoms with Crippen LogP contribution in [0.3, 0.4) is 0 Å². The fourth-order valence-corrected chi connectivity index (χ4v) is 3.14. The Morgan fingerprint density at radius 2 is 1.92 bits per heavy atom. The fraction of sp³-hybridized carbons (Fsp3) is 0.333. The molecule has 7 nitrogen and oxygen atoms in total. The Hall–Kier alpha value is -1.95. The molecule has 24 heavy (non-hydrogen) atoms. The van der Waals surface area contributed by atoms with Crippen molar-refractivity contribution >= 4 is 33.0 Å². The van der Waals surface area contributed by atoms with Crippen molar-refractivity contribution in [1.82, 2.24) is 5.32 Å². The van der Waals surface area contributed by atoms with Gasteiger partial charge in [-0.3, -0.25) is 14.9 Å². The molecule has 1 N–H and O–H groups in total. The van der Waals surface area contributed by atoms with Crippen LogP contribution >= 0.6 is 11.8 Å². The fourth-order valence-electron chi connectivity index (χ4n) is 1.82. The monoisotopic (exact) mass is 385 g/mol. The summed E-state index contributed by atoms with van der Waals surface area (Å²) in [6.07, 6.45) is -0.00530. The molecule has 132 valence electrons. The zero-order chi connectivity index (χ0) is 18.1. The van der Waals surface area contributed by atoms with E-state index in [1.54, 1.807) is 0 Å². The molecule has 0 bridgehead atoms. The quantitative estimate of drug-likeness (QED) is 0.610. The molecule has 1 fully saturated rings. The summed E-state index contributed by atoms with van der Waals surface area (Å²) in [6.45, 7) is 0. The lowest BCUT2D eigenvalue weighted by molar-refractivity contribution is -0.118. The van der Waals surface area contributed by atoms with Gasteiger partial charge in [-0.25, -0.2) is 0 Å². The molecular formula is C12H10F3NO6S2. The van der Waals surface area contributed by atoms with Crippen LogP contribution < -0.4 is 14.2 Å². The maximum atomic E-state index is 12.4. The number of ether oxygens (including phenoxy) is 1. The lowest BCUT2D eigenvalue weighted by atomic mass is 10.1. The third kappa shape index (κ3) is 3.93. The molecule has 0 saturated carbocycles. The first-order valence-electron chi connectivity index (χ1n) is 6.22. The van der Waals surface area contributed by atoms with Crippen LogP contribution in [0.25, 0.3) is 0 Å². The molecule has 2 rings (SSSR count). The van der Waals surface area contributed by atoms with E-state index in [4.69, 9.17) is 4.74 Å². The SMILES string of the molecule is COc1ccc(CC2SC(=O)NC2=O)cc1OS(=O)(=O)C(F)(F)F. The number of methoxy groups -OCH3 is 1. The van der Waals surface area contributed by atoms with E-state index in [0.29, 0.717) is 5.56 Å². The van der Waals surface area contributed by atoms with Gasteiger partial charge in [-0.05, 0) is 24.1 Å². The van der Waals surface area contributed by atoms with Crippen LogP contribution in [0.2, 0.25) is 0 Å². The van der Waals surface area contributed by atoms with Crippen molar-refractivity contribution in [2.75, 3.05) is 7.11 Å². The van der Waals surface area contributed by atoms with Crippen molar-refractivity contribution in [1.29, 1.82) is 0 Å². The lowest BCUT2D eigenvalue weighted by Gasteiger charge is -2.14. The van der Waals surface area contributed by atoms with Crippen molar-refractivity contribution in [3.63, 3.8) is 0 Å². The molecule has 1 aromatic carbocycles. The second-order valence-corrected chi connectivity index (χ2v) is 7.27. The van der Waals surface area contributed by atoms with Crippen LogP contribution in [-0.4, -0.2) is 37.4 Å². The largest absolute Gasteiger partial charge is 0.534 e. The maximum absolute atomic E-state index is 12.4. The number of carbonyl (C=O) groups excluding carboxylic acids is 2. The van der Waals surface area contributed by atoms with E-state index in [1.807, 2.05) is 0 Å². The van der Waals surface area contributed by atoms with Crippen LogP contribution in [0.5, 0.6) is 11.5 Å². The van der Waals surface area contributed by atoms with Crippen molar-refractivity contribution < 1.29 is 40.1 Å². The summed E-state index contributed by atoms with van der Waals surface area (Å²) in [4.78, 5) is 22.6. The molecule has 0 aromatic heterocycles. The molecule has 1 aliphatic rings. The van der Waals surface area contributed by atoms with Gasteiger partial charge in [0.2, 0.25) is 5.91 Å². The van der Waals surface area contributed by atoms with Crippen molar-refractivity contribution in [3.05, 3.63) is 23.8 Å². The van der Waals surface area contributed by atoms with E-state index in [9.17, 15) is 31.2 Å². The zero-order valence-corrected chi connectivity index (χ0v) is 13.5. The standard InChI is InChI=1S/C12H10F3NO6S2/c1-21-7-3-2-6(5-9-10(17)16-11(18)23-9)4-8(7)22-24(19,20)12(13,14)15/h2-4,9H,5H2,1H3,(H,16,17,18). The normalized spacial score (nSPS) is 18.4. The Morgan fingerprint density at radius 1 is 1.25 bits per heavy atom. The van der Waals surface area contributed by atoms with Gasteiger partial charge in [-0.15, -0.1) is 0 Å².